The zero-order chi connectivity index (χ0) is 15.1. The van der Waals surface area contributed by atoms with Crippen molar-refractivity contribution in [2.75, 3.05) is 5.75 Å². The van der Waals surface area contributed by atoms with E-state index in [0.29, 0.717) is 12.2 Å². The van der Waals surface area contributed by atoms with Crippen LogP contribution in [0.15, 0.2) is 65.6 Å². The highest BCUT2D eigenvalue weighted by Gasteiger charge is 2.30. The third-order valence-electron chi connectivity index (χ3n) is 3.86. The van der Waals surface area contributed by atoms with Crippen molar-refractivity contribution in [3.05, 3.63) is 66.2 Å². The van der Waals surface area contributed by atoms with Crippen molar-refractivity contribution in [2.45, 2.75) is 30.1 Å². The van der Waals surface area contributed by atoms with Crippen LogP contribution in [0.25, 0.3) is 0 Å². The maximum Gasteiger partial charge on any atom is 0.0828 e. The van der Waals surface area contributed by atoms with Gasteiger partial charge < -0.3 is 0 Å². The molecular formula is C18H19NOS. The third-order valence-corrected chi connectivity index (χ3v) is 5.24. The van der Waals surface area contributed by atoms with Crippen molar-refractivity contribution in [1.29, 1.82) is 5.26 Å². The summed E-state index contributed by atoms with van der Waals surface area (Å²) in [6, 6.07) is 21.7. The molecule has 2 unspecified atom stereocenters. The van der Waals surface area contributed by atoms with E-state index < -0.39 is 16.2 Å². The van der Waals surface area contributed by atoms with E-state index in [0.717, 1.165) is 16.9 Å². The Balaban J connectivity index is 2.15. The Labute approximate surface area is 128 Å². The van der Waals surface area contributed by atoms with Crippen LogP contribution < -0.4 is 0 Å². The van der Waals surface area contributed by atoms with E-state index in [1.165, 1.54) is 0 Å². The van der Waals surface area contributed by atoms with Crippen LogP contribution in [0.5, 0.6) is 0 Å². The van der Waals surface area contributed by atoms with E-state index in [9.17, 15) is 9.47 Å². The molecule has 0 saturated carbocycles. The summed E-state index contributed by atoms with van der Waals surface area (Å²) in [6.45, 7) is 2.02. The van der Waals surface area contributed by atoms with Gasteiger partial charge in [-0.2, -0.15) is 5.26 Å². The van der Waals surface area contributed by atoms with Gasteiger partial charge in [-0.25, -0.2) is 0 Å². The normalized spacial score (nSPS) is 14.9. The van der Waals surface area contributed by atoms with Crippen LogP contribution in [0.1, 0.15) is 25.3 Å². The minimum absolute atomic E-state index is 0.500. The van der Waals surface area contributed by atoms with E-state index in [1.54, 1.807) is 0 Å². The molecule has 0 spiro atoms. The van der Waals surface area contributed by atoms with Crippen LogP contribution in [0, 0.1) is 11.3 Å². The molecule has 0 aliphatic heterocycles. The highest BCUT2D eigenvalue weighted by atomic mass is 32.2. The molecule has 2 atom stereocenters. The second kappa shape index (κ2) is 7.19. The molecule has 0 aliphatic rings. The molecule has 0 fully saturated rings. The molecule has 2 rings (SSSR count). The van der Waals surface area contributed by atoms with Gasteiger partial charge in [0, 0.05) is 10.6 Å². The van der Waals surface area contributed by atoms with Crippen molar-refractivity contribution >= 4 is 10.8 Å². The Kier molecular flexibility index (Phi) is 5.30. The van der Waals surface area contributed by atoms with Gasteiger partial charge in [-0.15, -0.1) is 0 Å². The molecular weight excluding hydrogens is 278 g/mol. The van der Waals surface area contributed by atoms with Gasteiger partial charge >= 0.3 is 0 Å². The number of nitriles is 1. The molecule has 3 heteroatoms. The summed E-state index contributed by atoms with van der Waals surface area (Å²) in [6.07, 6.45) is 1.32. The maximum atomic E-state index is 12.4. The maximum absolute atomic E-state index is 12.4. The summed E-state index contributed by atoms with van der Waals surface area (Å²) in [7, 11) is -1.06. The Morgan fingerprint density at radius 2 is 1.62 bits per heavy atom. The Morgan fingerprint density at radius 3 is 2.14 bits per heavy atom. The number of rotatable bonds is 6. The van der Waals surface area contributed by atoms with Gasteiger partial charge in [0.1, 0.15) is 0 Å². The molecule has 0 bridgehead atoms. The van der Waals surface area contributed by atoms with E-state index in [4.69, 9.17) is 0 Å². The fourth-order valence-corrected chi connectivity index (χ4v) is 3.67. The largest absolute Gasteiger partial charge is 0.254 e. The van der Waals surface area contributed by atoms with Crippen LogP contribution in [-0.4, -0.2) is 9.96 Å². The lowest BCUT2D eigenvalue weighted by Crippen LogP contribution is -2.25. The molecule has 108 valence electrons. The first kappa shape index (κ1) is 15.5. The van der Waals surface area contributed by atoms with Crippen LogP contribution in [0.4, 0.5) is 0 Å². The highest BCUT2D eigenvalue weighted by molar-refractivity contribution is 7.85. The van der Waals surface area contributed by atoms with Crippen molar-refractivity contribution in [1.82, 2.24) is 0 Å². The molecule has 0 N–H and O–H groups in total. The minimum Gasteiger partial charge on any atom is -0.254 e. The van der Waals surface area contributed by atoms with E-state index in [2.05, 4.69) is 6.07 Å². The van der Waals surface area contributed by atoms with Crippen molar-refractivity contribution in [2.24, 2.45) is 0 Å². The van der Waals surface area contributed by atoms with Crippen LogP contribution >= 0.6 is 0 Å². The molecule has 0 aliphatic carbocycles. The fourth-order valence-electron chi connectivity index (χ4n) is 2.44. The molecule has 2 nitrogen and oxygen atoms in total. The van der Waals surface area contributed by atoms with Crippen molar-refractivity contribution in [3.8, 4) is 6.07 Å². The first-order valence-corrected chi connectivity index (χ1v) is 8.44. The smallest absolute Gasteiger partial charge is 0.0828 e. The summed E-state index contributed by atoms with van der Waals surface area (Å²) in [5.41, 5.74) is 0.464. The van der Waals surface area contributed by atoms with Crippen molar-refractivity contribution in [3.63, 3.8) is 0 Å². The summed E-state index contributed by atoms with van der Waals surface area (Å²) in [5.74, 6) is 0.500. The molecule has 2 aromatic rings. The van der Waals surface area contributed by atoms with E-state index in [1.807, 2.05) is 67.6 Å². The predicted molar refractivity (Wildman–Crippen MR) is 86.4 cm³/mol. The third kappa shape index (κ3) is 3.59. The summed E-state index contributed by atoms with van der Waals surface area (Å²) < 4.78 is 12.4. The quantitative estimate of drug-likeness (QED) is 0.807. The second-order valence-corrected chi connectivity index (χ2v) is 6.60. The SMILES string of the molecule is CCC(C#N)(CCS(=O)c1ccccc1)c1ccccc1. The molecule has 0 saturated heterocycles. The average Bonchev–Trinajstić information content (AvgIpc) is 2.58. The van der Waals surface area contributed by atoms with Gasteiger partial charge in [0.25, 0.3) is 0 Å². The summed E-state index contributed by atoms with van der Waals surface area (Å²) in [5, 5.41) is 9.66. The van der Waals surface area contributed by atoms with Gasteiger partial charge in [0.2, 0.25) is 0 Å². The predicted octanol–water partition coefficient (Wildman–Crippen LogP) is 4.06. The molecule has 21 heavy (non-hydrogen) atoms. The van der Waals surface area contributed by atoms with Gasteiger partial charge in [0.15, 0.2) is 0 Å². The highest BCUT2D eigenvalue weighted by Crippen LogP contribution is 2.31. The number of hydrogen-bond donors (Lipinski definition) is 0. The Morgan fingerprint density at radius 1 is 1.05 bits per heavy atom. The molecule has 0 heterocycles. The molecule has 0 amide bonds. The van der Waals surface area contributed by atoms with Gasteiger partial charge in [-0.05, 0) is 30.5 Å². The van der Waals surface area contributed by atoms with Crippen LogP contribution in [0.3, 0.4) is 0 Å². The lowest BCUT2D eigenvalue weighted by Gasteiger charge is -2.25. The standard InChI is InChI=1S/C18H19NOS/c1-2-18(15-19,16-9-5-3-6-10-16)13-14-21(20)17-11-7-4-8-12-17/h3-12H,2,13-14H2,1H3. The molecule has 0 radical (unpaired) electrons. The summed E-state index contributed by atoms with van der Waals surface area (Å²) in [4.78, 5) is 0.827. The zero-order valence-electron chi connectivity index (χ0n) is 12.2. The fraction of sp³-hybridized carbons (Fsp3) is 0.278. The number of nitrogens with zero attached hydrogens (tertiary/aromatic N) is 1. The summed E-state index contributed by atoms with van der Waals surface area (Å²) >= 11 is 0. The van der Waals surface area contributed by atoms with Gasteiger partial charge in [-0.3, -0.25) is 4.21 Å². The molecule has 0 aromatic heterocycles. The number of benzene rings is 2. The Hall–Kier alpha value is -1.92. The Bertz CT molecular complexity index is 633. The van der Waals surface area contributed by atoms with E-state index >= 15 is 0 Å². The van der Waals surface area contributed by atoms with Gasteiger partial charge in [-0.1, -0.05) is 55.5 Å². The van der Waals surface area contributed by atoms with Crippen molar-refractivity contribution < 1.29 is 4.21 Å². The first-order valence-electron chi connectivity index (χ1n) is 7.12. The number of hydrogen-bond acceptors (Lipinski definition) is 2. The average molecular weight is 297 g/mol. The van der Waals surface area contributed by atoms with Crippen LogP contribution in [-0.2, 0) is 16.2 Å². The lowest BCUT2D eigenvalue weighted by atomic mass is 9.77. The second-order valence-electron chi connectivity index (χ2n) is 5.03. The minimum atomic E-state index is -1.06. The zero-order valence-corrected chi connectivity index (χ0v) is 13.0. The topological polar surface area (TPSA) is 40.9 Å². The molecule has 2 aromatic carbocycles. The van der Waals surface area contributed by atoms with Crippen LogP contribution in [0.2, 0.25) is 0 Å². The lowest BCUT2D eigenvalue weighted by molar-refractivity contribution is 0.512. The van der Waals surface area contributed by atoms with E-state index in [-0.39, 0.29) is 0 Å². The monoisotopic (exact) mass is 297 g/mol. The van der Waals surface area contributed by atoms with Gasteiger partial charge in [0.05, 0.1) is 22.3 Å². The first-order chi connectivity index (χ1) is 10.2.